The minimum Gasteiger partial charge on any atom is -0.309 e. The van der Waals surface area contributed by atoms with E-state index in [-0.39, 0.29) is 25.4 Å². The van der Waals surface area contributed by atoms with Crippen LogP contribution in [0, 0.1) is 0 Å². The Hall–Kier alpha value is -2.26. The number of anilines is 1. The van der Waals surface area contributed by atoms with E-state index in [1.54, 1.807) is 24.3 Å². The summed E-state index contributed by atoms with van der Waals surface area (Å²) in [7, 11) is -3.42. The van der Waals surface area contributed by atoms with Crippen molar-refractivity contribution in [3.8, 4) is 0 Å². The van der Waals surface area contributed by atoms with Crippen molar-refractivity contribution in [1.29, 1.82) is 0 Å². The van der Waals surface area contributed by atoms with Gasteiger partial charge in [-0.15, -0.1) is 0 Å². The number of imide groups is 1. The standard InChI is InChI=1S/C15H17N3O5S/c1-10(19)11-3-5-12(6-4-11)18-14(20)13-9-16(24(2,22)23)7-8-17(13)15(18)21/h3-6,13H,7-9H2,1-2H3. The average molecular weight is 351 g/mol. The molecule has 2 aliphatic heterocycles. The van der Waals surface area contributed by atoms with Crippen molar-refractivity contribution in [2.45, 2.75) is 13.0 Å². The number of hydrogen-bond acceptors (Lipinski definition) is 5. The molecule has 2 saturated heterocycles. The Balaban J connectivity index is 1.88. The molecule has 9 heteroatoms. The smallest absolute Gasteiger partial charge is 0.309 e. The Morgan fingerprint density at radius 2 is 1.75 bits per heavy atom. The van der Waals surface area contributed by atoms with Crippen LogP contribution >= 0.6 is 0 Å². The fraction of sp³-hybridized carbons (Fsp3) is 0.400. The number of sulfonamides is 1. The summed E-state index contributed by atoms with van der Waals surface area (Å²) < 4.78 is 24.6. The van der Waals surface area contributed by atoms with E-state index in [9.17, 15) is 22.8 Å². The van der Waals surface area contributed by atoms with Gasteiger partial charge in [0.1, 0.15) is 6.04 Å². The number of hydrogen-bond donors (Lipinski definition) is 0. The maximum atomic E-state index is 12.6. The highest BCUT2D eigenvalue weighted by molar-refractivity contribution is 7.88. The van der Waals surface area contributed by atoms with Gasteiger partial charge in [-0.05, 0) is 31.2 Å². The number of piperazine rings is 1. The third kappa shape index (κ3) is 2.69. The van der Waals surface area contributed by atoms with Crippen molar-refractivity contribution in [2.24, 2.45) is 0 Å². The van der Waals surface area contributed by atoms with Crippen LogP contribution in [0.25, 0.3) is 0 Å². The number of Topliss-reactive ketones (excluding diaryl/α,β-unsaturated/α-hetero) is 1. The van der Waals surface area contributed by atoms with Crippen molar-refractivity contribution < 1.29 is 22.8 Å². The quantitative estimate of drug-likeness (QED) is 0.577. The predicted molar refractivity (Wildman–Crippen MR) is 86.2 cm³/mol. The number of urea groups is 1. The molecular formula is C15H17N3O5S. The minimum atomic E-state index is -3.42. The molecule has 3 amide bonds. The summed E-state index contributed by atoms with van der Waals surface area (Å²) in [4.78, 5) is 38.9. The lowest BCUT2D eigenvalue weighted by Gasteiger charge is -2.33. The molecule has 1 aromatic carbocycles. The van der Waals surface area contributed by atoms with Crippen molar-refractivity contribution in [2.75, 3.05) is 30.8 Å². The highest BCUT2D eigenvalue weighted by Crippen LogP contribution is 2.28. The zero-order chi connectivity index (χ0) is 17.6. The third-order valence-corrected chi connectivity index (χ3v) is 5.56. The van der Waals surface area contributed by atoms with Crippen molar-refractivity contribution in [3.63, 3.8) is 0 Å². The Morgan fingerprint density at radius 1 is 1.12 bits per heavy atom. The second-order valence-corrected chi connectivity index (χ2v) is 7.87. The first-order chi connectivity index (χ1) is 11.2. The highest BCUT2D eigenvalue weighted by Gasteiger charge is 2.49. The second-order valence-electron chi connectivity index (χ2n) is 5.89. The Labute approximate surface area is 139 Å². The molecule has 2 aliphatic rings. The number of carbonyl (C=O) groups is 3. The summed E-state index contributed by atoms with van der Waals surface area (Å²) in [5.41, 5.74) is 0.856. The summed E-state index contributed by atoms with van der Waals surface area (Å²) >= 11 is 0. The van der Waals surface area contributed by atoms with Crippen LogP contribution in [0.5, 0.6) is 0 Å². The summed E-state index contributed by atoms with van der Waals surface area (Å²) in [6.45, 7) is 1.74. The van der Waals surface area contributed by atoms with Gasteiger partial charge in [0.15, 0.2) is 5.78 Å². The van der Waals surface area contributed by atoms with Crippen LogP contribution in [0.3, 0.4) is 0 Å². The van der Waals surface area contributed by atoms with Gasteiger partial charge in [-0.3, -0.25) is 9.59 Å². The lowest BCUT2D eigenvalue weighted by Crippen LogP contribution is -2.54. The molecule has 0 bridgehead atoms. The van der Waals surface area contributed by atoms with E-state index in [0.29, 0.717) is 11.3 Å². The van der Waals surface area contributed by atoms with Gasteiger partial charge in [-0.25, -0.2) is 18.1 Å². The monoisotopic (exact) mass is 351 g/mol. The van der Waals surface area contributed by atoms with E-state index in [1.165, 1.54) is 16.1 Å². The fourth-order valence-electron chi connectivity index (χ4n) is 2.95. The first-order valence-corrected chi connectivity index (χ1v) is 9.25. The van der Waals surface area contributed by atoms with Crippen molar-refractivity contribution in [1.82, 2.24) is 9.21 Å². The second kappa shape index (κ2) is 5.67. The molecule has 0 radical (unpaired) electrons. The van der Waals surface area contributed by atoms with Crippen LogP contribution in [0.2, 0.25) is 0 Å². The predicted octanol–water partition coefficient (Wildman–Crippen LogP) is 0.302. The average Bonchev–Trinajstić information content (AvgIpc) is 2.78. The van der Waals surface area contributed by atoms with E-state index < -0.39 is 28.0 Å². The number of nitrogens with zero attached hydrogens (tertiary/aromatic N) is 3. The number of rotatable bonds is 3. The topological polar surface area (TPSA) is 95.1 Å². The van der Waals surface area contributed by atoms with Crippen LogP contribution in [0.4, 0.5) is 10.5 Å². The van der Waals surface area contributed by atoms with Crippen LogP contribution in [-0.2, 0) is 14.8 Å². The largest absolute Gasteiger partial charge is 0.332 e. The molecule has 3 rings (SSSR count). The van der Waals surface area contributed by atoms with Gasteiger partial charge in [0.2, 0.25) is 10.0 Å². The molecule has 8 nitrogen and oxygen atoms in total. The first-order valence-electron chi connectivity index (χ1n) is 7.41. The third-order valence-electron chi connectivity index (χ3n) is 4.29. The van der Waals surface area contributed by atoms with Gasteiger partial charge in [-0.2, -0.15) is 4.31 Å². The van der Waals surface area contributed by atoms with Gasteiger partial charge in [-0.1, -0.05) is 0 Å². The van der Waals surface area contributed by atoms with E-state index in [2.05, 4.69) is 0 Å². The summed E-state index contributed by atoms with van der Waals surface area (Å²) in [5.74, 6) is -0.564. The van der Waals surface area contributed by atoms with E-state index in [4.69, 9.17) is 0 Å². The Bertz CT molecular complexity index is 818. The van der Waals surface area contributed by atoms with Crippen molar-refractivity contribution in [3.05, 3.63) is 29.8 Å². The molecule has 1 atom stereocenters. The zero-order valence-electron chi connectivity index (χ0n) is 13.3. The first kappa shape index (κ1) is 16.6. The molecule has 0 N–H and O–H groups in total. The number of amides is 3. The molecule has 1 aromatic rings. The van der Waals surface area contributed by atoms with Gasteiger partial charge in [0, 0.05) is 25.2 Å². The molecular weight excluding hydrogens is 334 g/mol. The Kier molecular flexibility index (Phi) is 3.92. The van der Waals surface area contributed by atoms with Gasteiger partial charge < -0.3 is 4.90 Å². The van der Waals surface area contributed by atoms with Gasteiger partial charge in [0.25, 0.3) is 5.91 Å². The maximum absolute atomic E-state index is 12.6. The van der Waals surface area contributed by atoms with Crippen LogP contribution < -0.4 is 4.90 Å². The molecule has 2 heterocycles. The molecule has 0 saturated carbocycles. The van der Waals surface area contributed by atoms with E-state index in [0.717, 1.165) is 11.2 Å². The molecule has 24 heavy (non-hydrogen) atoms. The Morgan fingerprint density at radius 3 is 2.29 bits per heavy atom. The number of benzene rings is 1. The van der Waals surface area contributed by atoms with E-state index >= 15 is 0 Å². The molecule has 0 aromatic heterocycles. The van der Waals surface area contributed by atoms with Crippen LogP contribution in [-0.4, -0.2) is 67.3 Å². The zero-order valence-corrected chi connectivity index (χ0v) is 14.1. The van der Waals surface area contributed by atoms with Crippen LogP contribution in [0.1, 0.15) is 17.3 Å². The molecule has 128 valence electrons. The number of carbonyl (C=O) groups excluding carboxylic acids is 3. The summed E-state index contributed by atoms with van der Waals surface area (Å²) in [6.07, 6.45) is 1.09. The summed E-state index contributed by atoms with van der Waals surface area (Å²) in [5, 5.41) is 0. The highest BCUT2D eigenvalue weighted by atomic mass is 32.2. The number of ketones is 1. The fourth-order valence-corrected chi connectivity index (χ4v) is 3.78. The van der Waals surface area contributed by atoms with Gasteiger partial charge in [0.05, 0.1) is 11.9 Å². The molecule has 1 unspecified atom stereocenters. The van der Waals surface area contributed by atoms with Gasteiger partial charge >= 0.3 is 6.03 Å². The molecule has 0 spiro atoms. The minimum absolute atomic E-state index is 0.0363. The normalized spacial score (nSPS) is 22.0. The van der Waals surface area contributed by atoms with E-state index in [1.807, 2.05) is 0 Å². The van der Waals surface area contributed by atoms with Crippen molar-refractivity contribution >= 4 is 33.4 Å². The lowest BCUT2D eigenvalue weighted by atomic mass is 10.1. The molecule has 2 fully saturated rings. The molecule has 0 aliphatic carbocycles. The SMILES string of the molecule is CC(=O)c1ccc(N2C(=O)C3CN(S(C)(=O)=O)CCN3C2=O)cc1. The maximum Gasteiger partial charge on any atom is 0.332 e. The lowest BCUT2D eigenvalue weighted by molar-refractivity contribution is -0.120. The summed E-state index contributed by atoms with van der Waals surface area (Å²) in [6, 6.07) is 4.91. The number of fused-ring (bicyclic) bond motifs is 1. The van der Waals surface area contributed by atoms with Crippen LogP contribution in [0.15, 0.2) is 24.3 Å².